The van der Waals surface area contributed by atoms with Gasteiger partial charge in [0.05, 0.1) is 24.6 Å². The maximum absolute atomic E-state index is 5.75. The number of aromatic nitrogens is 1. The van der Waals surface area contributed by atoms with Crippen molar-refractivity contribution < 1.29 is 4.74 Å². The van der Waals surface area contributed by atoms with Crippen LogP contribution >= 0.6 is 0 Å². The van der Waals surface area contributed by atoms with Crippen LogP contribution in [0.5, 0.6) is 0 Å². The summed E-state index contributed by atoms with van der Waals surface area (Å²) in [4.78, 5) is 10.9. The number of ether oxygens (including phenoxy) is 1. The van der Waals surface area contributed by atoms with E-state index in [2.05, 4.69) is 53.0 Å². The molecule has 1 aromatic carbocycles. The van der Waals surface area contributed by atoms with Crippen LogP contribution < -0.4 is 0 Å². The van der Waals surface area contributed by atoms with E-state index in [1.54, 1.807) is 6.20 Å². The molecule has 0 aliphatic carbocycles. The average molecular weight is 321 g/mol. The molecule has 4 heteroatoms. The van der Waals surface area contributed by atoms with E-state index in [0.29, 0.717) is 19.3 Å². The molecular formula is C20H23N3O. The first-order valence-corrected chi connectivity index (χ1v) is 8.28. The minimum absolute atomic E-state index is 0.515. The predicted molar refractivity (Wildman–Crippen MR) is 96.8 cm³/mol. The summed E-state index contributed by atoms with van der Waals surface area (Å²) >= 11 is 0. The van der Waals surface area contributed by atoms with Gasteiger partial charge in [0, 0.05) is 18.6 Å². The molecule has 0 spiro atoms. The van der Waals surface area contributed by atoms with Crippen LogP contribution in [0.2, 0.25) is 0 Å². The molecule has 24 heavy (non-hydrogen) atoms. The highest BCUT2D eigenvalue weighted by Crippen LogP contribution is 2.16. The number of pyridine rings is 1. The Morgan fingerprint density at radius 2 is 1.96 bits per heavy atom. The number of nitrogens with zero attached hydrogens (tertiary/aromatic N) is 3. The van der Waals surface area contributed by atoms with Crippen LogP contribution in [0.15, 0.2) is 66.1 Å². The van der Waals surface area contributed by atoms with E-state index in [9.17, 15) is 0 Å². The van der Waals surface area contributed by atoms with E-state index < -0.39 is 0 Å². The number of aliphatic imine (C=N–C) groups is 1. The Labute approximate surface area is 143 Å². The molecule has 0 radical (unpaired) electrons. The van der Waals surface area contributed by atoms with Gasteiger partial charge in [-0.3, -0.25) is 9.98 Å². The lowest BCUT2D eigenvalue weighted by Crippen LogP contribution is -2.30. The molecular weight excluding hydrogens is 298 g/mol. The first-order valence-electron chi connectivity index (χ1n) is 8.28. The van der Waals surface area contributed by atoms with Gasteiger partial charge in [0.15, 0.2) is 0 Å². The summed E-state index contributed by atoms with van der Waals surface area (Å²) in [5.41, 5.74) is 4.52. The zero-order valence-electron chi connectivity index (χ0n) is 14.2. The zero-order valence-corrected chi connectivity index (χ0v) is 14.2. The predicted octanol–water partition coefficient (Wildman–Crippen LogP) is 3.96. The molecule has 0 saturated heterocycles. The average Bonchev–Trinajstić information content (AvgIpc) is 2.63. The van der Waals surface area contributed by atoms with Gasteiger partial charge in [-0.25, -0.2) is 0 Å². The van der Waals surface area contributed by atoms with Gasteiger partial charge in [-0.05, 0) is 29.2 Å². The number of hydrogen-bond acceptors (Lipinski definition) is 4. The lowest BCUT2D eigenvalue weighted by molar-refractivity contribution is 0.0475. The van der Waals surface area contributed by atoms with E-state index >= 15 is 0 Å². The van der Waals surface area contributed by atoms with E-state index in [-0.39, 0.29) is 0 Å². The van der Waals surface area contributed by atoms with Crippen molar-refractivity contribution in [3.8, 4) is 0 Å². The molecule has 0 fully saturated rings. The summed E-state index contributed by atoms with van der Waals surface area (Å²) in [7, 11) is 0. The highest BCUT2D eigenvalue weighted by Gasteiger charge is 2.12. The van der Waals surface area contributed by atoms with Crippen LogP contribution in [0.25, 0.3) is 0 Å². The largest absolute Gasteiger partial charge is 0.355 e. The van der Waals surface area contributed by atoms with Gasteiger partial charge < -0.3 is 9.64 Å². The van der Waals surface area contributed by atoms with Crippen molar-refractivity contribution in [2.24, 2.45) is 4.99 Å². The minimum Gasteiger partial charge on any atom is -0.355 e. The molecule has 1 aliphatic rings. The maximum atomic E-state index is 5.75. The summed E-state index contributed by atoms with van der Waals surface area (Å²) in [6, 6.07) is 14.5. The second kappa shape index (κ2) is 7.88. The first-order chi connectivity index (χ1) is 11.7. The van der Waals surface area contributed by atoms with Crippen LogP contribution in [0.1, 0.15) is 36.6 Å². The van der Waals surface area contributed by atoms with Crippen LogP contribution in [0.3, 0.4) is 0 Å². The van der Waals surface area contributed by atoms with Gasteiger partial charge >= 0.3 is 0 Å². The second-order valence-corrected chi connectivity index (χ2v) is 6.20. The number of hydrogen-bond donors (Lipinski definition) is 0. The van der Waals surface area contributed by atoms with E-state index in [1.165, 1.54) is 11.1 Å². The lowest BCUT2D eigenvalue weighted by atomic mass is 10.00. The van der Waals surface area contributed by atoms with E-state index in [4.69, 9.17) is 4.74 Å². The molecule has 1 aromatic heterocycles. The van der Waals surface area contributed by atoms with Crippen molar-refractivity contribution in [2.75, 3.05) is 13.3 Å². The molecule has 3 rings (SSSR count). The van der Waals surface area contributed by atoms with Crippen LogP contribution in [-0.2, 0) is 11.3 Å². The molecule has 0 atom stereocenters. The van der Waals surface area contributed by atoms with Crippen molar-refractivity contribution in [2.45, 2.75) is 26.4 Å². The molecule has 124 valence electrons. The third kappa shape index (κ3) is 4.30. The molecule has 0 saturated carbocycles. The normalized spacial score (nSPS) is 14.1. The Bertz CT molecular complexity index is 705. The van der Waals surface area contributed by atoms with Crippen molar-refractivity contribution in [1.82, 2.24) is 9.88 Å². The molecule has 1 aliphatic heterocycles. The van der Waals surface area contributed by atoms with Crippen molar-refractivity contribution in [1.29, 1.82) is 0 Å². The van der Waals surface area contributed by atoms with Gasteiger partial charge in [0.25, 0.3) is 0 Å². The Morgan fingerprint density at radius 1 is 1.12 bits per heavy atom. The van der Waals surface area contributed by atoms with E-state index in [1.807, 2.05) is 30.6 Å². The summed E-state index contributed by atoms with van der Waals surface area (Å²) < 4.78 is 5.75. The van der Waals surface area contributed by atoms with Crippen LogP contribution in [0.4, 0.5) is 0 Å². The molecule has 2 heterocycles. The van der Waals surface area contributed by atoms with Crippen LogP contribution in [0, 0.1) is 0 Å². The maximum Gasteiger partial charge on any atom is 0.119 e. The fraction of sp³-hybridized carbons (Fsp3) is 0.300. The first kappa shape index (κ1) is 16.4. The Hall–Kier alpha value is -2.46. The Morgan fingerprint density at radius 3 is 2.67 bits per heavy atom. The molecule has 0 N–H and O–H groups in total. The fourth-order valence-electron chi connectivity index (χ4n) is 2.57. The van der Waals surface area contributed by atoms with Gasteiger partial charge in [-0.2, -0.15) is 0 Å². The van der Waals surface area contributed by atoms with E-state index in [0.717, 1.165) is 18.0 Å². The van der Waals surface area contributed by atoms with Gasteiger partial charge in [0.2, 0.25) is 0 Å². The molecule has 0 bridgehead atoms. The SMILES string of the molecule is CC(C)c1ccc(C2=NC=CN(COCc3ccccn3)C2)cc1. The van der Waals surface area contributed by atoms with Crippen molar-refractivity contribution in [3.63, 3.8) is 0 Å². The minimum atomic E-state index is 0.515. The lowest BCUT2D eigenvalue weighted by Gasteiger charge is -2.23. The molecule has 4 nitrogen and oxygen atoms in total. The highest BCUT2D eigenvalue weighted by atomic mass is 16.5. The highest BCUT2D eigenvalue weighted by molar-refractivity contribution is 6.02. The van der Waals surface area contributed by atoms with Gasteiger partial charge in [-0.15, -0.1) is 0 Å². The topological polar surface area (TPSA) is 37.7 Å². The van der Waals surface area contributed by atoms with Gasteiger partial charge in [0.1, 0.15) is 6.73 Å². The third-order valence-electron chi connectivity index (χ3n) is 4.00. The number of rotatable bonds is 6. The van der Waals surface area contributed by atoms with Crippen molar-refractivity contribution >= 4 is 5.71 Å². The third-order valence-corrected chi connectivity index (χ3v) is 4.00. The standard InChI is InChI=1S/C20H23N3O/c1-16(2)17-6-8-18(9-7-17)20-13-23(12-11-22-20)15-24-14-19-5-3-4-10-21-19/h3-12,16H,13-15H2,1-2H3. The van der Waals surface area contributed by atoms with Crippen molar-refractivity contribution in [3.05, 3.63) is 77.9 Å². The Balaban J connectivity index is 1.54. The van der Waals surface area contributed by atoms with Crippen LogP contribution in [-0.4, -0.2) is 28.9 Å². The second-order valence-electron chi connectivity index (χ2n) is 6.20. The summed E-state index contributed by atoms with van der Waals surface area (Å²) in [5, 5.41) is 0. The molecule has 0 unspecified atom stereocenters. The number of benzene rings is 1. The smallest absolute Gasteiger partial charge is 0.119 e. The molecule has 2 aromatic rings. The Kier molecular flexibility index (Phi) is 5.39. The summed E-state index contributed by atoms with van der Waals surface area (Å²) in [6.45, 7) is 6.20. The summed E-state index contributed by atoms with van der Waals surface area (Å²) in [6.07, 6.45) is 5.58. The summed E-state index contributed by atoms with van der Waals surface area (Å²) in [5.74, 6) is 0.545. The monoisotopic (exact) mass is 321 g/mol. The zero-order chi connectivity index (χ0) is 16.8. The fourth-order valence-corrected chi connectivity index (χ4v) is 2.57. The van der Waals surface area contributed by atoms with Gasteiger partial charge in [-0.1, -0.05) is 44.2 Å². The molecule has 0 amide bonds. The quantitative estimate of drug-likeness (QED) is 0.808.